The van der Waals surface area contributed by atoms with Crippen molar-refractivity contribution in [1.29, 1.82) is 0 Å². The number of sulfonamides is 1. The predicted octanol–water partition coefficient (Wildman–Crippen LogP) is 0.0187. The molecular formula is C6H9NO3S2. The van der Waals surface area contributed by atoms with E-state index in [1.807, 2.05) is 0 Å². The van der Waals surface area contributed by atoms with E-state index >= 15 is 0 Å². The third-order valence-corrected chi connectivity index (χ3v) is 3.50. The second-order valence-electron chi connectivity index (χ2n) is 2.08. The van der Waals surface area contributed by atoms with E-state index in [2.05, 4.69) is 4.72 Å². The standard InChI is InChI=1S/C6H9NO3S2/c8-3-2-7-12(9,10)6-1-4-11-5-6/h1,4-5,7-8H,2-3H2. The zero-order chi connectivity index (χ0) is 9.03. The van der Waals surface area contributed by atoms with Crippen LogP contribution < -0.4 is 4.72 Å². The first kappa shape index (κ1) is 9.66. The highest BCUT2D eigenvalue weighted by molar-refractivity contribution is 7.89. The molecule has 1 aromatic rings. The van der Waals surface area contributed by atoms with Gasteiger partial charge in [-0.3, -0.25) is 0 Å². The minimum atomic E-state index is -3.38. The van der Waals surface area contributed by atoms with Crippen LogP contribution in [0.2, 0.25) is 0 Å². The summed E-state index contributed by atoms with van der Waals surface area (Å²) in [6.07, 6.45) is 0. The Morgan fingerprint density at radius 2 is 2.33 bits per heavy atom. The van der Waals surface area contributed by atoms with Gasteiger partial charge in [-0.15, -0.1) is 0 Å². The molecule has 0 fully saturated rings. The molecule has 68 valence electrons. The average molecular weight is 207 g/mol. The summed E-state index contributed by atoms with van der Waals surface area (Å²) in [5, 5.41) is 11.6. The lowest BCUT2D eigenvalue weighted by Crippen LogP contribution is -2.26. The molecular weight excluding hydrogens is 198 g/mol. The first-order chi connectivity index (χ1) is 5.67. The highest BCUT2D eigenvalue weighted by atomic mass is 32.2. The van der Waals surface area contributed by atoms with Crippen LogP contribution in [-0.4, -0.2) is 26.7 Å². The highest BCUT2D eigenvalue weighted by Gasteiger charge is 2.12. The Bertz CT molecular complexity index is 317. The van der Waals surface area contributed by atoms with Crippen LogP contribution in [0, 0.1) is 0 Å². The molecule has 0 saturated heterocycles. The van der Waals surface area contributed by atoms with Crippen LogP contribution in [0.25, 0.3) is 0 Å². The lowest BCUT2D eigenvalue weighted by atomic mass is 10.7. The molecule has 4 nitrogen and oxygen atoms in total. The summed E-state index contributed by atoms with van der Waals surface area (Å²) < 4.78 is 24.7. The summed E-state index contributed by atoms with van der Waals surface area (Å²) in [7, 11) is -3.38. The maximum Gasteiger partial charge on any atom is 0.241 e. The van der Waals surface area contributed by atoms with Gasteiger partial charge in [0, 0.05) is 11.9 Å². The van der Waals surface area contributed by atoms with Gasteiger partial charge in [-0.1, -0.05) is 0 Å². The van der Waals surface area contributed by atoms with Gasteiger partial charge >= 0.3 is 0 Å². The SMILES string of the molecule is O=S(=O)(NCCO)c1ccsc1. The van der Waals surface area contributed by atoms with Crippen molar-refractivity contribution < 1.29 is 13.5 Å². The molecule has 1 rings (SSSR count). The topological polar surface area (TPSA) is 66.4 Å². The second kappa shape index (κ2) is 3.99. The molecule has 0 radical (unpaired) electrons. The van der Waals surface area contributed by atoms with Gasteiger partial charge < -0.3 is 5.11 Å². The van der Waals surface area contributed by atoms with Crippen LogP contribution in [0.15, 0.2) is 21.7 Å². The van der Waals surface area contributed by atoms with E-state index in [0.29, 0.717) is 0 Å². The molecule has 1 aromatic heterocycles. The minimum Gasteiger partial charge on any atom is -0.395 e. The molecule has 0 amide bonds. The van der Waals surface area contributed by atoms with Crippen LogP contribution in [0.3, 0.4) is 0 Å². The molecule has 0 aliphatic heterocycles. The summed E-state index contributed by atoms with van der Waals surface area (Å²) in [5.74, 6) is 0. The molecule has 0 atom stereocenters. The zero-order valence-electron chi connectivity index (χ0n) is 6.23. The molecule has 0 spiro atoms. The average Bonchev–Trinajstić information content (AvgIpc) is 2.53. The van der Waals surface area contributed by atoms with Crippen LogP contribution in [0.5, 0.6) is 0 Å². The van der Waals surface area contributed by atoms with Gasteiger partial charge in [-0.25, -0.2) is 13.1 Å². The summed E-state index contributed by atoms with van der Waals surface area (Å²) in [4.78, 5) is 0.251. The number of aliphatic hydroxyl groups excluding tert-OH is 1. The van der Waals surface area contributed by atoms with E-state index in [0.717, 1.165) is 0 Å². The van der Waals surface area contributed by atoms with Crippen LogP contribution in [-0.2, 0) is 10.0 Å². The summed E-state index contributed by atoms with van der Waals surface area (Å²) in [5.41, 5.74) is 0. The van der Waals surface area contributed by atoms with Crippen molar-refractivity contribution in [2.24, 2.45) is 0 Å². The molecule has 0 aromatic carbocycles. The molecule has 0 aliphatic rings. The summed E-state index contributed by atoms with van der Waals surface area (Å²) in [6.45, 7) is -0.137. The molecule has 0 saturated carbocycles. The van der Waals surface area contributed by atoms with Crippen molar-refractivity contribution in [3.05, 3.63) is 16.8 Å². The van der Waals surface area contributed by atoms with Crippen LogP contribution >= 0.6 is 11.3 Å². The first-order valence-electron chi connectivity index (χ1n) is 3.29. The molecule has 0 unspecified atom stereocenters. The fourth-order valence-corrected chi connectivity index (χ4v) is 2.72. The minimum absolute atomic E-state index is 0.0537. The van der Waals surface area contributed by atoms with Gasteiger partial charge in [0.1, 0.15) is 0 Å². The predicted molar refractivity (Wildman–Crippen MR) is 46.6 cm³/mol. The third-order valence-electron chi connectivity index (χ3n) is 1.21. The zero-order valence-corrected chi connectivity index (χ0v) is 7.86. The van der Waals surface area contributed by atoms with Crippen molar-refractivity contribution in [3.8, 4) is 0 Å². The van der Waals surface area contributed by atoms with Gasteiger partial charge in [0.15, 0.2) is 0 Å². The number of aliphatic hydroxyl groups is 1. The monoisotopic (exact) mass is 207 g/mol. The Kier molecular flexibility index (Phi) is 3.21. The third kappa shape index (κ3) is 2.28. The maximum atomic E-state index is 11.2. The lowest BCUT2D eigenvalue weighted by molar-refractivity contribution is 0.301. The molecule has 2 N–H and O–H groups in total. The Balaban J connectivity index is 2.74. The van der Waals surface area contributed by atoms with E-state index in [4.69, 9.17) is 5.11 Å². The highest BCUT2D eigenvalue weighted by Crippen LogP contribution is 2.11. The van der Waals surface area contributed by atoms with E-state index in [-0.39, 0.29) is 18.0 Å². The quantitative estimate of drug-likeness (QED) is 0.731. The largest absolute Gasteiger partial charge is 0.395 e. The van der Waals surface area contributed by atoms with E-state index < -0.39 is 10.0 Å². The Morgan fingerprint density at radius 1 is 1.58 bits per heavy atom. The fourth-order valence-electron chi connectivity index (χ4n) is 0.668. The van der Waals surface area contributed by atoms with E-state index in [9.17, 15) is 8.42 Å². The molecule has 1 heterocycles. The number of rotatable bonds is 4. The fraction of sp³-hybridized carbons (Fsp3) is 0.333. The number of thiophene rings is 1. The van der Waals surface area contributed by atoms with Gasteiger partial charge in [-0.05, 0) is 11.4 Å². The number of nitrogens with one attached hydrogen (secondary N) is 1. The van der Waals surface area contributed by atoms with Crippen LogP contribution in [0.1, 0.15) is 0 Å². The first-order valence-corrected chi connectivity index (χ1v) is 5.72. The molecule has 12 heavy (non-hydrogen) atoms. The lowest BCUT2D eigenvalue weighted by Gasteiger charge is -2.01. The van der Waals surface area contributed by atoms with Gasteiger partial charge in [0.05, 0.1) is 11.5 Å². The number of hydrogen-bond acceptors (Lipinski definition) is 4. The van der Waals surface area contributed by atoms with Crippen molar-refractivity contribution in [3.63, 3.8) is 0 Å². The smallest absolute Gasteiger partial charge is 0.241 e. The van der Waals surface area contributed by atoms with Crippen molar-refractivity contribution in [1.82, 2.24) is 4.72 Å². The molecule has 0 aliphatic carbocycles. The van der Waals surface area contributed by atoms with Crippen molar-refractivity contribution >= 4 is 21.4 Å². The van der Waals surface area contributed by atoms with E-state index in [1.165, 1.54) is 17.4 Å². The van der Waals surface area contributed by atoms with Crippen molar-refractivity contribution in [2.75, 3.05) is 13.2 Å². The van der Waals surface area contributed by atoms with Gasteiger partial charge in [0.25, 0.3) is 0 Å². The van der Waals surface area contributed by atoms with Gasteiger partial charge in [-0.2, -0.15) is 11.3 Å². The Labute approximate surface area is 74.9 Å². The van der Waals surface area contributed by atoms with E-state index in [1.54, 1.807) is 10.8 Å². The summed E-state index contributed by atoms with van der Waals surface area (Å²) >= 11 is 1.32. The second-order valence-corrected chi connectivity index (χ2v) is 4.63. The molecule has 6 heteroatoms. The summed E-state index contributed by atoms with van der Waals surface area (Å²) in [6, 6.07) is 1.52. The van der Waals surface area contributed by atoms with Crippen molar-refractivity contribution in [2.45, 2.75) is 4.90 Å². The maximum absolute atomic E-state index is 11.2. The Morgan fingerprint density at radius 3 is 2.83 bits per heavy atom. The van der Waals surface area contributed by atoms with Crippen LogP contribution in [0.4, 0.5) is 0 Å². The van der Waals surface area contributed by atoms with Gasteiger partial charge in [0.2, 0.25) is 10.0 Å². The normalized spacial score (nSPS) is 11.8. The number of hydrogen-bond donors (Lipinski definition) is 2. The Hall–Kier alpha value is -0.430. The molecule has 0 bridgehead atoms.